The molecule has 2 amide bonds. The minimum atomic E-state index is -1.32. The average Bonchev–Trinajstić information content (AvgIpc) is 2.40. The Balaban J connectivity index is 4.63. The smallest absolute Gasteiger partial charge is 0.327 e. The molecule has 0 aliphatic carbocycles. The number of carboxylic acid groups (broad SMARTS) is 2. The molecule has 0 aromatic carbocycles. The Morgan fingerprint density at radius 2 is 1.43 bits per heavy atom. The molecule has 0 radical (unpaired) electrons. The fourth-order valence-corrected chi connectivity index (χ4v) is 1.72. The summed E-state index contributed by atoms with van der Waals surface area (Å²) in [4.78, 5) is 44.6. The predicted octanol–water partition coefficient (Wildman–Crippen LogP) is -2.30. The van der Waals surface area contributed by atoms with Gasteiger partial charge in [0.1, 0.15) is 12.1 Å². The van der Waals surface area contributed by atoms with Gasteiger partial charge >= 0.3 is 11.9 Å². The van der Waals surface area contributed by atoms with Crippen LogP contribution in [-0.4, -0.2) is 63.6 Å². The second-order valence-electron chi connectivity index (χ2n) is 4.03. The minimum Gasteiger partial charge on any atom is -0.481 e. The lowest BCUT2D eigenvalue weighted by molar-refractivity contribution is -0.142. The molecule has 0 fully saturated rings. The molecule has 3 atom stereocenters. The van der Waals surface area contributed by atoms with Gasteiger partial charge in [-0.05, 0) is 0 Å². The quantitative estimate of drug-likeness (QED) is 0.233. The number of nitrogens with two attached hydrogens (primary N) is 1. The van der Waals surface area contributed by atoms with Crippen molar-refractivity contribution in [1.82, 2.24) is 10.6 Å². The van der Waals surface area contributed by atoms with E-state index in [0.717, 1.165) is 0 Å². The van der Waals surface area contributed by atoms with Gasteiger partial charge in [-0.25, -0.2) is 4.79 Å². The van der Waals surface area contributed by atoms with Crippen molar-refractivity contribution in [3.8, 4) is 0 Å². The highest BCUT2D eigenvalue weighted by Crippen LogP contribution is 1.96. The zero-order valence-corrected chi connectivity index (χ0v) is 12.6. The Kier molecular flexibility index (Phi) is 8.81. The molecular weight excluding hydrogens is 322 g/mol. The van der Waals surface area contributed by atoms with Crippen LogP contribution in [0.15, 0.2) is 0 Å². The van der Waals surface area contributed by atoms with Crippen LogP contribution < -0.4 is 16.4 Å². The maximum Gasteiger partial charge on any atom is 0.327 e. The normalized spacial score (nSPS) is 14.6. The Hall–Kier alpha value is -1.46. The molecule has 11 heteroatoms. The summed E-state index contributed by atoms with van der Waals surface area (Å²) >= 11 is 7.65. The molecule has 21 heavy (non-hydrogen) atoms. The lowest BCUT2D eigenvalue weighted by Crippen LogP contribution is -2.55. The largest absolute Gasteiger partial charge is 0.481 e. The number of carbonyl (C=O) groups excluding carboxylic acids is 2. The van der Waals surface area contributed by atoms with Crippen molar-refractivity contribution < 1.29 is 29.4 Å². The van der Waals surface area contributed by atoms with Crippen LogP contribution in [0.25, 0.3) is 0 Å². The molecule has 0 bridgehead atoms. The van der Waals surface area contributed by atoms with E-state index in [2.05, 4.69) is 35.9 Å². The van der Waals surface area contributed by atoms with Crippen LogP contribution in [0.2, 0.25) is 0 Å². The fraction of sp³-hybridized carbons (Fsp3) is 0.600. The first kappa shape index (κ1) is 19.5. The van der Waals surface area contributed by atoms with Gasteiger partial charge in [0.15, 0.2) is 0 Å². The Labute approximate surface area is 131 Å². The van der Waals surface area contributed by atoms with Gasteiger partial charge in [0.2, 0.25) is 11.8 Å². The van der Waals surface area contributed by atoms with E-state index in [9.17, 15) is 19.2 Å². The van der Waals surface area contributed by atoms with Crippen molar-refractivity contribution >= 4 is 49.0 Å². The first-order valence-electron chi connectivity index (χ1n) is 5.75. The van der Waals surface area contributed by atoms with E-state index in [1.165, 1.54) is 0 Å². The van der Waals surface area contributed by atoms with Crippen LogP contribution in [-0.2, 0) is 19.2 Å². The van der Waals surface area contributed by atoms with E-state index in [0.29, 0.717) is 0 Å². The molecule has 0 aromatic heterocycles. The molecule has 0 aliphatic rings. The standard InChI is InChI=1S/C10H17N3O6S2/c11-4(1-7(14)15)8(16)12-5(2-20)9(17)13-6(3-21)10(18)19/h4-6,20-21H,1-3,11H2,(H,12,16)(H,13,17)(H,14,15)(H,18,19). The molecule has 0 saturated heterocycles. The van der Waals surface area contributed by atoms with Gasteiger partial charge < -0.3 is 26.6 Å². The lowest BCUT2D eigenvalue weighted by Gasteiger charge is -2.20. The van der Waals surface area contributed by atoms with Crippen LogP contribution in [0.1, 0.15) is 6.42 Å². The third-order valence-electron chi connectivity index (χ3n) is 2.34. The maximum absolute atomic E-state index is 11.8. The molecule has 0 saturated carbocycles. The maximum atomic E-state index is 11.8. The number of hydrogen-bond acceptors (Lipinski definition) is 7. The second-order valence-corrected chi connectivity index (χ2v) is 4.76. The SMILES string of the molecule is NC(CC(=O)O)C(=O)NC(CS)C(=O)NC(CS)C(=O)O. The molecule has 0 spiro atoms. The van der Waals surface area contributed by atoms with Gasteiger partial charge in [0.05, 0.1) is 12.5 Å². The van der Waals surface area contributed by atoms with E-state index in [1.54, 1.807) is 0 Å². The topological polar surface area (TPSA) is 159 Å². The van der Waals surface area contributed by atoms with Gasteiger partial charge in [-0.1, -0.05) is 0 Å². The summed E-state index contributed by atoms with van der Waals surface area (Å²) < 4.78 is 0. The summed E-state index contributed by atoms with van der Waals surface area (Å²) in [5, 5.41) is 21.7. The van der Waals surface area contributed by atoms with Crippen molar-refractivity contribution in [2.75, 3.05) is 11.5 Å². The number of hydrogen-bond donors (Lipinski definition) is 7. The van der Waals surface area contributed by atoms with Crippen LogP contribution in [0.3, 0.4) is 0 Å². The number of rotatable bonds is 9. The molecular formula is C10H17N3O6S2. The zero-order valence-electron chi connectivity index (χ0n) is 10.9. The summed E-state index contributed by atoms with van der Waals surface area (Å²) in [5.41, 5.74) is 5.34. The fourth-order valence-electron chi connectivity index (χ4n) is 1.21. The van der Waals surface area contributed by atoms with Crippen molar-refractivity contribution in [1.29, 1.82) is 0 Å². The molecule has 0 rings (SSSR count). The van der Waals surface area contributed by atoms with Crippen molar-refractivity contribution in [2.45, 2.75) is 24.5 Å². The molecule has 3 unspecified atom stereocenters. The van der Waals surface area contributed by atoms with E-state index in [-0.39, 0.29) is 11.5 Å². The Morgan fingerprint density at radius 1 is 0.952 bits per heavy atom. The lowest BCUT2D eigenvalue weighted by atomic mass is 10.2. The first-order chi connectivity index (χ1) is 9.72. The predicted molar refractivity (Wildman–Crippen MR) is 79.4 cm³/mol. The molecule has 6 N–H and O–H groups in total. The van der Waals surface area contributed by atoms with Crippen molar-refractivity contribution in [2.24, 2.45) is 5.73 Å². The van der Waals surface area contributed by atoms with Crippen LogP contribution in [0, 0.1) is 0 Å². The highest BCUT2D eigenvalue weighted by Gasteiger charge is 2.27. The molecule has 0 aromatic rings. The van der Waals surface area contributed by atoms with E-state index in [4.69, 9.17) is 15.9 Å². The number of nitrogens with one attached hydrogen (secondary N) is 2. The van der Waals surface area contributed by atoms with E-state index < -0.39 is 48.3 Å². The monoisotopic (exact) mass is 339 g/mol. The van der Waals surface area contributed by atoms with Gasteiger partial charge in [-0.3, -0.25) is 14.4 Å². The summed E-state index contributed by atoms with van der Waals surface area (Å²) in [6, 6.07) is -3.67. The summed E-state index contributed by atoms with van der Waals surface area (Å²) in [7, 11) is 0. The molecule has 0 heterocycles. The number of aliphatic carboxylic acids is 2. The van der Waals surface area contributed by atoms with Crippen molar-refractivity contribution in [3.05, 3.63) is 0 Å². The second kappa shape index (κ2) is 9.47. The highest BCUT2D eigenvalue weighted by atomic mass is 32.1. The van der Waals surface area contributed by atoms with Crippen LogP contribution >= 0.6 is 25.3 Å². The minimum absolute atomic E-state index is 0.115. The summed E-state index contributed by atoms with van der Waals surface area (Å²) in [6.07, 6.45) is -0.596. The Bertz CT molecular complexity index is 420. The third kappa shape index (κ3) is 7.20. The van der Waals surface area contributed by atoms with Crippen LogP contribution in [0.5, 0.6) is 0 Å². The number of thiol groups is 2. The molecule has 0 aliphatic heterocycles. The van der Waals surface area contributed by atoms with Gasteiger partial charge in [-0.15, -0.1) is 0 Å². The first-order valence-corrected chi connectivity index (χ1v) is 7.02. The molecule has 9 nitrogen and oxygen atoms in total. The summed E-state index contributed by atoms with van der Waals surface area (Å²) in [6.45, 7) is 0. The van der Waals surface area contributed by atoms with Gasteiger partial charge in [-0.2, -0.15) is 25.3 Å². The Morgan fingerprint density at radius 3 is 1.81 bits per heavy atom. The highest BCUT2D eigenvalue weighted by molar-refractivity contribution is 7.80. The van der Waals surface area contributed by atoms with Crippen LogP contribution in [0.4, 0.5) is 0 Å². The van der Waals surface area contributed by atoms with E-state index in [1.807, 2.05) is 0 Å². The molecule has 120 valence electrons. The van der Waals surface area contributed by atoms with E-state index >= 15 is 0 Å². The average molecular weight is 339 g/mol. The van der Waals surface area contributed by atoms with Crippen molar-refractivity contribution in [3.63, 3.8) is 0 Å². The van der Waals surface area contributed by atoms with Gasteiger partial charge in [0.25, 0.3) is 0 Å². The third-order valence-corrected chi connectivity index (χ3v) is 3.07. The number of carbonyl (C=O) groups is 4. The number of amides is 2. The zero-order chi connectivity index (χ0) is 16.6. The summed E-state index contributed by atoms with van der Waals surface area (Å²) in [5.74, 6) is -4.40. The van der Waals surface area contributed by atoms with Gasteiger partial charge in [0, 0.05) is 11.5 Å². The number of carboxylic acids is 2.